The Bertz CT molecular complexity index is 799. The molecule has 0 aromatic carbocycles. The first-order valence-corrected chi connectivity index (χ1v) is 6.40. The predicted molar refractivity (Wildman–Crippen MR) is 78.1 cm³/mol. The van der Waals surface area contributed by atoms with E-state index in [0.717, 1.165) is 10.3 Å². The summed E-state index contributed by atoms with van der Waals surface area (Å²) < 4.78 is 2.18. The lowest BCUT2D eigenvalue weighted by Crippen LogP contribution is -2.40. The first-order chi connectivity index (χ1) is 10.1. The van der Waals surface area contributed by atoms with Gasteiger partial charge in [-0.25, -0.2) is 4.79 Å². The van der Waals surface area contributed by atoms with Gasteiger partial charge in [-0.1, -0.05) is 6.07 Å². The van der Waals surface area contributed by atoms with Crippen molar-refractivity contribution in [2.24, 2.45) is 14.1 Å². The Morgan fingerprint density at radius 2 is 2.05 bits per heavy atom. The van der Waals surface area contributed by atoms with Crippen LogP contribution in [0.1, 0.15) is 11.3 Å². The van der Waals surface area contributed by atoms with E-state index in [1.807, 2.05) is 24.3 Å². The number of anilines is 1. The zero-order valence-electron chi connectivity index (χ0n) is 11.8. The van der Waals surface area contributed by atoms with Crippen LogP contribution in [0.2, 0.25) is 0 Å². The average molecular weight is 285 g/mol. The van der Waals surface area contributed by atoms with Crippen molar-refractivity contribution in [3.05, 3.63) is 56.5 Å². The number of hydrogen-bond acceptors (Lipinski definition) is 5. The van der Waals surface area contributed by atoms with Crippen LogP contribution in [0.15, 0.2) is 34.0 Å². The highest BCUT2D eigenvalue weighted by atomic mass is 16.2. The number of aromatic nitrogens is 3. The van der Waals surface area contributed by atoms with E-state index >= 15 is 0 Å². The lowest BCUT2D eigenvalue weighted by Gasteiger charge is -2.13. The molecule has 0 aliphatic heterocycles. The first kappa shape index (κ1) is 14.5. The van der Waals surface area contributed by atoms with Crippen LogP contribution in [0.4, 0.5) is 5.82 Å². The summed E-state index contributed by atoms with van der Waals surface area (Å²) in [5.74, 6) is 0.238. The van der Waals surface area contributed by atoms with Gasteiger partial charge in [0, 0.05) is 39.0 Å². The lowest BCUT2D eigenvalue weighted by atomic mass is 10.2. The van der Waals surface area contributed by atoms with Crippen LogP contribution < -0.4 is 16.6 Å². The minimum atomic E-state index is -0.596. The van der Waals surface area contributed by atoms with Crippen molar-refractivity contribution in [1.82, 2.24) is 14.1 Å². The molecule has 0 aliphatic carbocycles. The molecule has 0 bridgehead atoms. The van der Waals surface area contributed by atoms with Crippen LogP contribution in [0.3, 0.4) is 0 Å². The van der Waals surface area contributed by atoms with Gasteiger partial charge in [-0.3, -0.25) is 18.9 Å². The Morgan fingerprint density at radius 1 is 1.29 bits per heavy atom. The molecule has 2 aromatic heterocycles. The van der Waals surface area contributed by atoms with E-state index in [4.69, 9.17) is 5.26 Å². The fourth-order valence-electron chi connectivity index (χ4n) is 2.01. The molecule has 0 amide bonds. The minimum Gasteiger partial charge on any atom is -0.370 e. The Balaban J connectivity index is 2.27. The molecule has 21 heavy (non-hydrogen) atoms. The van der Waals surface area contributed by atoms with Gasteiger partial charge in [0.1, 0.15) is 11.9 Å². The van der Waals surface area contributed by atoms with E-state index in [1.165, 1.54) is 18.7 Å². The summed E-state index contributed by atoms with van der Waals surface area (Å²) in [5.41, 5.74) is -0.252. The van der Waals surface area contributed by atoms with Gasteiger partial charge >= 0.3 is 5.69 Å². The summed E-state index contributed by atoms with van der Waals surface area (Å²) >= 11 is 0. The monoisotopic (exact) mass is 285 g/mol. The van der Waals surface area contributed by atoms with Gasteiger partial charge < -0.3 is 5.32 Å². The van der Waals surface area contributed by atoms with Gasteiger partial charge in [-0.15, -0.1) is 0 Å². The third-order valence-electron chi connectivity index (χ3n) is 3.18. The highest BCUT2D eigenvalue weighted by Crippen LogP contribution is 2.07. The minimum absolute atomic E-state index is 0.0689. The van der Waals surface area contributed by atoms with Crippen molar-refractivity contribution < 1.29 is 0 Å². The van der Waals surface area contributed by atoms with E-state index in [9.17, 15) is 9.59 Å². The van der Waals surface area contributed by atoms with Gasteiger partial charge in [-0.2, -0.15) is 5.26 Å². The second-order valence-electron chi connectivity index (χ2n) is 4.54. The lowest BCUT2D eigenvalue weighted by molar-refractivity contribution is 0.684. The molecule has 2 rings (SSSR count). The number of pyridine rings is 1. The third-order valence-corrected chi connectivity index (χ3v) is 3.18. The molecule has 0 radical (unpaired) electrons. The summed E-state index contributed by atoms with van der Waals surface area (Å²) in [6.45, 7) is 0.464. The Hall–Kier alpha value is -2.88. The zero-order valence-corrected chi connectivity index (χ0v) is 11.8. The standard InChI is InChI=1S/C14H15N5O2/c1-18-12(11(9-15)13(20)19(2)14(18)21)17-8-6-10-5-3-4-7-16-10/h3-5,7,17H,6,8H2,1-2H3. The summed E-state index contributed by atoms with van der Waals surface area (Å²) in [7, 11) is 2.87. The summed E-state index contributed by atoms with van der Waals surface area (Å²) in [5, 5.41) is 12.1. The number of hydrogen-bond donors (Lipinski definition) is 1. The number of nitrogens with one attached hydrogen (secondary N) is 1. The molecule has 2 heterocycles. The molecule has 108 valence electrons. The Labute approximate surface area is 121 Å². The van der Waals surface area contributed by atoms with Crippen LogP contribution in [-0.2, 0) is 20.5 Å². The topological polar surface area (TPSA) is 92.7 Å². The molecule has 0 saturated carbocycles. The van der Waals surface area contributed by atoms with Gasteiger partial charge in [0.25, 0.3) is 5.56 Å². The molecule has 0 unspecified atom stereocenters. The first-order valence-electron chi connectivity index (χ1n) is 6.40. The molecule has 0 spiro atoms. The largest absolute Gasteiger partial charge is 0.370 e. The van der Waals surface area contributed by atoms with Crippen molar-refractivity contribution in [2.75, 3.05) is 11.9 Å². The Morgan fingerprint density at radius 3 is 2.67 bits per heavy atom. The molecular formula is C14H15N5O2. The molecule has 0 atom stereocenters. The van der Waals surface area contributed by atoms with Crippen LogP contribution >= 0.6 is 0 Å². The average Bonchev–Trinajstić information content (AvgIpc) is 2.51. The smallest absolute Gasteiger partial charge is 0.332 e. The molecular weight excluding hydrogens is 270 g/mol. The maximum absolute atomic E-state index is 11.9. The number of rotatable bonds is 4. The third kappa shape index (κ3) is 2.84. The second kappa shape index (κ2) is 6.05. The molecule has 2 aromatic rings. The predicted octanol–water partition coefficient (Wildman–Crippen LogP) is 0.00528. The zero-order chi connectivity index (χ0) is 15.4. The fraction of sp³-hybridized carbons (Fsp3) is 0.286. The van der Waals surface area contributed by atoms with Crippen molar-refractivity contribution in [1.29, 1.82) is 5.26 Å². The molecule has 0 saturated heterocycles. The van der Waals surface area contributed by atoms with E-state index < -0.39 is 11.2 Å². The second-order valence-corrected chi connectivity index (χ2v) is 4.54. The Kier molecular flexibility index (Phi) is 4.18. The number of nitriles is 1. The normalized spacial score (nSPS) is 10.1. The van der Waals surface area contributed by atoms with E-state index in [-0.39, 0.29) is 11.4 Å². The summed E-state index contributed by atoms with van der Waals surface area (Å²) in [4.78, 5) is 28.0. The maximum atomic E-state index is 11.9. The van der Waals surface area contributed by atoms with Gasteiger partial charge in [0.2, 0.25) is 0 Å². The van der Waals surface area contributed by atoms with Crippen molar-refractivity contribution in [2.45, 2.75) is 6.42 Å². The van der Waals surface area contributed by atoms with Crippen molar-refractivity contribution in [3.8, 4) is 6.07 Å². The molecule has 7 heteroatoms. The van der Waals surface area contributed by atoms with Gasteiger partial charge in [-0.05, 0) is 12.1 Å². The SMILES string of the molecule is Cn1c(NCCc2ccccn2)c(C#N)c(=O)n(C)c1=O. The maximum Gasteiger partial charge on any atom is 0.332 e. The molecule has 0 aliphatic rings. The highest BCUT2D eigenvalue weighted by molar-refractivity contribution is 5.51. The van der Waals surface area contributed by atoms with Crippen LogP contribution in [0.5, 0.6) is 0 Å². The van der Waals surface area contributed by atoms with Crippen molar-refractivity contribution in [3.63, 3.8) is 0 Å². The van der Waals surface area contributed by atoms with Crippen LogP contribution in [0, 0.1) is 11.3 Å². The summed E-state index contributed by atoms with van der Waals surface area (Å²) in [6.07, 6.45) is 2.32. The quantitative estimate of drug-likeness (QED) is 0.854. The summed E-state index contributed by atoms with van der Waals surface area (Å²) in [6, 6.07) is 7.45. The van der Waals surface area contributed by atoms with Crippen LogP contribution in [0.25, 0.3) is 0 Å². The molecule has 7 nitrogen and oxygen atoms in total. The van der Waals surface area contributed by atoms with Gasteiger partial charge in [0.15, 0.2) is 5.56 Å². The molecule has 0 fully saturated rings. The van der Waals surface area contributed by atoms with Gasteiger partial charge in [0.05, 0.1) is 0 Å². The van der Waals surface area contributed by atoms with E-state index in [1.54, 1.807) is 6.20 Å². The highest BCUT2D eigenvalue weighted by Gasteiger charge is 2.14. The number of nitrogens with zero attached hydrogens (tertiary/aromatic N) is 4. The molecule has 1 N–H and O–H groups in total. The van der Waals surface area contributed by atoms with E-state index in [2.05, 4.69) is 10.3 Å². The van der Waals surface area contributed by atoms with Crippen molar-refractivity contribution >= 4 is 5.82 Å². The fourth-order valence-corrected chi connectivity index (χ4v) is 2.01. The van der Waals surface area contributed by atoms with Crippen LogP contribution in [-0.4, -0.2) is 20.7 Å². The van der Waals surface area contributed by atoms with E-state index in [0.29, 0.717) is 13.0 Å².